The molecule has 2 aromatic carbocycles. The summed E-state index contributed by atoms with van der Waals surface area (Å²) in [6.45, 7) is 6.55. The van der Waals surface area contributed by atoms with Gasteiger partial charge in [-0.15, -0.1) is 11.3 Å². The number of rotatable bonds is 4. The van der Waals surface area contributed by atoms with Crippen LogP contribution in [0, 0.1) is 20.8 Å². The minimum atomic E-state index is -0.0722. The van der Waals surface area contributed by atoms with Crippen molar-refractivity contribution in [2.24, 2.45) is 0 Å². The Balaban J connectivity index is 1.58. The van der Waals surface area contributed by atoms with E-state index in [1.54, 1.807) is 23.5 Å². The SMILES string of the molecule is Cc1ccc(C)c(COc2cc(C)c3c(c2)O/C(=C\c2cccs2)C3=O)c1. The average molecular weight is 376 g/mol. The van der Waals surface area contributed by atoms with Crippen molar-refractivity contribution in [1.29, 1.82) is 0 Å². The van der Waals surface area contributed by atoms with Gasteiger partial charge in [0, 0.05) is 17.0 Å². The van der Waals surface area contributed by atoms with E-state index in [-0.39, 0.29) is 5.78 Å². The van der Waals surface area contributed by atoms with Gasteiger partial charge in [-0.3, -0.25) is 4.79 Å². The van der Waals surface area contributed by atoms with E-state index in [9.17, 15) is 4.79 Å². The maximum absolute atomic E-state index is 12.7. The number of hydrogen-bond acceptors (Lipinski definition) is 4. The number of fused-ring (bicyclic) bond motifs is 1. The summed E-state index contributed by atoms with van der Waals surface area (Å²) in [5.41, 5.74) is 5.05. The number of hydrogen-bond donors (Lipinski definition) is 0. The first-order chi connectivity index (χ1) is 13.0. The molecule has 1 aromatic heterocycles. The van der Waals surface area contributed by atoms with Crippen LogP contribution in [0.15, 0.2) is 53.6 Å². The Bertz CT molecular complexity index is 1050. The summed E-state index contributed by atoms with van der Waals surface area (Å²) in [5.74, 6) is 1.57. The number of benzene rings is 2. The first-order valence-corrected chi connectivity index (χ1v) is 9.70. The molecular formula is C23H20O3S. The molecule has 0 saturated carbocycles. The normalized spacial score (nSPS) is 14.3. The van der Waals surface area contributed by atoms with Gasteiger partial charge in [-0.2, -0.15) is 0 Å². The molecular weight excluding hydrogens is 356 g/mol. The topological polar surface area (TPSA) is 35.5 Å². The molecule has 0 atom stereocenters. The van der Waals surface area contributed by atoms with E-state index >= 15 is 0 Å². The maximum atomic E-state index is 12.7. The fourth-order valence-electron chi connectivity index (χ4n) is 3.18. The van der Waals surface area contributed by atoms with Gasteiger partial charge in [0.25, 0.3) is 0 Å². The minimum absolute atomic E-state index is 0.0722. The number of ether oxygens (including phenoxy) is 2. The number of carbonyl (C=O) groups is 1. The zero-order chi connectivity index (χ0) is 19.0. The standard InChI is InChI=1S/C23H20O3S/c1-14-6-7-15(2)17(9-14)13-25-18-10-16(3)22-20(11-18)26-21(23(22)24)12-19-5-4-8-27-19/h4-12H,13H2,1-3H3/b21-12-. The molecule has 1 aliphatic rings. The Labute approximate surface area is 162 Å². The monoisotopic (exact) mass is 376 g/mol. The van der Waals surface area contributed by atoms with Gasteiger partial charge in [-0.25, -0.2) is 0 Å². The summed E-state index contributed by atoms with van der Waals surface area (Å²) in [6, 6.07) is 14.0. The summed E-state index contributed by atoms with van der Waals surface area (Å²) in [7, 11) is 0. The van der Waals surface area contributed by atoms with Crippen molar-refractivity contribution in [2.75, 3.05) is 0 Å². The van der Waals surface area contributed by atoms with Crippen LogP contribution in [0.1, 0.15) is 37.5 Å². The smallest absolute Gasteiger partial charge is 0.232 e. The number of thiophene rings is 1. The molecule has 3 nitrogen and oxygen atoms in total. The van der Waals surface area contributed by atoms with Crippen molar-refractivity contribution in [3.05, 3.63) is 86.3 Å². The zero-order valence-electron chi connectivity index (χ0n) is 15.5. The van der Waals surface area contributed by atoms with E-state index in [4.69, 9.17) is 9.47 Å². The predicted octanol–water partition coefficient (Wildman–Crippen LogP) is 5.87. The Kier molecular flexibility index (Phi) is 4.58. The van der Waals surface area contributed by atoms with Gasteiger partial charge in [-0.05, 0) is 55.0 Å². The fourth-order valence-corrected chi connectivity index (χ4v) is 3.83. The van der Waals surface area contributed by atoms with Crippen molar-refractivity contribution >= 4 is 23.2 Å². The van der Waals surface area contributed by atoms with Gasteiger partial charge >= 0.3 is 0 Å². The Morgan fingerprint density at radius 3 is 2.70 bits per heavy atom. The third-order valence-electron chi connectivity index (χ3n) is 4.66. The quantitative estimate of drug-likeness (QED) is 0.534. The van der Waals surface area contributed by atoms with Crippen molar-refractivity contribution in [3.8, 4) is 11.5 Å². The minimum Gasteiger partial charge on any atom is -0.489 e. The zero-order valence-corrected chi connectivity index (χ0v) is 16.4. The molecule has 0 bridgehead atoms. The van der Waals surface area contributed by atoms with Crippen LogP contribution in [-0.4, -0.2) is 5.78 Å². The molecule has 0 unspecified atom stereocenters. The molecule has 27 heavy (non-hydrogen) atoms. The van der Waals surface area contributed by atoms with Crippen LogP contribution < -0.4 is 9.47 Å². The van der Waals surface area contributed by atoms with Crippen LogP contribution in [0.3, 0.4) is 0 Å². The van der Waals surface area contributed by atoms with Gasteiger partial charge in [0.1, 0.15) is 18.1 Å². The van der Waals surface area contributed by atoms with Gasteiger partial charge in [0.2, 0.25) is 5.78 Å². The lowest BCUT2D eigenvalue weighted by atomic mass is 10.0. The number of carbonyl (C=O) groups excluding carboxylic acids is 1. The summed E-state index contributed by atoms with van der Waals surface area (Å²) >= 11 is 1.57. The van der Waals surface area contributed by atoms with Crippen molar-refractivity contribution in [3.63, 3.8) is 0 Å². The van der Waals surface area contributed by atoms with Crippen molar-refractivity contribution in [2.45, 2.75) is 27.4 Å². The molecule has 0 radical (unpaired) electrons. The number of ketones is 1. The highest BCUT2D eigenvalue weighted by Crippen LogP contribution is 2.38. The second-order valence-corrected chi connectivity index (χ2v) is 7.77. The molecule has 0 N–H and O–H groups in total. The number of Topliss-reactive ketones (excluding diaryl/α,β-unsaturated/α-hetero) is 1. The van der Waals surface area contributed by atoms with E-state index < -0.39 is 0 Å². The van der Waals surface area contributed by atoms with Gasteiger partial charge in [0.05, 0.1) is 5.56 Å². The lowest BCUT2D eigenvalue weighted by Gasteiger charge is -2.11. The van der Waals surface area contributed by atoms with Crippen LogP contribution >= 0.6 is 11.3 Å². The predicted molar refractivity (Wildman–Crippen MR) is 109 cm³/mol. The Morgan fingerprint density at radius 1 is 1.07 bits per heavy atom. The molecule has 136 valence electrons. The van der Waals surface area contributed by atoms with Crippen LogP contribution in [-0.2, 0) is 6.61 Å². The molecule has 4 heteroatoms. The lowest BCUT2D eigenvalue weighted by Crippen LogP contribution is -2.00. The highest BCUT2D eigenvalue weighted by atomic mass is 32.1. The summed E-state index contributed by atoms with van der Waals surface area (Å²) in [6.07, 6.45) is 1.79. The molecule has 0 spiro atoms. The molecule has 3 aromatic rings. The Morgan fingerprint density at radius 2 is 1.93 bits per heavy atom. The molecule has 2 heterocycles. The van der Waals surface area contributed by atoms with E-state index in [0.29, 0.717) is 29.4 Å². The highest BCUT2D eigenvalue weighted by molar-refractivity contribution is 7.10. The fraction of sp³-hybridized carbons (Fsp3) is 0.174. The van der Waals surface area contributed by atoms with E-state index in [2.05, 4.69) is 32.0 Å². The molecule has 0 fully saturated rings. The molecule has 1 aliphatic heterocycles. The van der Waals surface area contributed by atoms with Gasteiger partial charge < -0.3 is 9.47 Å². The summed E-state index contributed by atoms with van der Waals surface area (Å²) < 4.78 is 11.8. The molecule has 4 rings (SSSR count). The van der Waals surface area contributed by atoms with Crippen LogP contribution in [0.25, 0.3) is 6.08 Å². The van der Waals surface area contributed by atoms with Crippen LogP contribution in [0.4, 0.5) is 0 Å². The summed E-state index contributed by atoms with van der Waals surface area (Å²) in [4.78, 5) is 13.7. The highest BCUT2D eigenvalue weighted by Gasteiger charge is 2.30. The maximum Gasteiger partial charge on any atom is 0.232 e. The van der Waals surface area contributed by atoms with E-state index in [1.165, 1.54) is 11.1 Å². The molecule has 0 saturated heterocycles. The third-order valence-corrected chi connectivity index (χ3v) is 5.48. The Hall–Kier alpha value is -2.85. The number of allylic oxidation sites excluding steroid dienone is 1. The van der Waals surface area contributed by atoms with Crippen LogP contribution in [0.5, 0.6) is 11.5 Å². The molecule has 0 aliphatic carbocycles. The largest absolute Gasteiger partial charge is 0.489 e. The first-order valence-electron chi connectivity index (χ1n) is 8.82. The van der Waals surface area contributed by atoms with Crippen molar-refractivity contribution in [1.82, 2.24) is 0 Å². The van der Waals surface area contributed by atoms with E-state index in [0.717, 1.165) is 16.0 Å². The molecule has 0 amide bonds. The summed E-state index contributed by atoms with van der Waals surface area (Å²) in [5, 5.41) is 1.98. The lowest BCUT2D eigenvalue weighted by molar-refractivity contribution is 0.101. The van der Waals surface area contributed by atoms with E-state index in [1.807, 2.05) is 30.5 Å². The number of aryl methyl sites for hydroxylation is 3. The van der Waals surface area contributed by atoms with Gasteiger partial charge in [-0.1, -0.05) is 29.8 Å². The second kappa shape index (κ2) is 7.05. The van der Waals surface area contributed by atoms with Gasteiger partial charge in [0.15, 0.2) is 5.76 Å². The van der Waals surface area contributed by atoms with Crippen molar-refractivity contribution < 1.29 is 14.3 Å². The average Bonchev–Trinajstić information content (AvgIpc) is 3.25. The first kappa shape index (κ1) is 17.6. The third kappa shape index (κ3) is 3.53. The van der Waals surface area contributed by atoms with Crippen LogP contribution in [0.2, 0.25) is 0 Å². The second-order valence-electron chi connectivity index (χ2n) is 6.79.